The normalized spacial score (nSPS) is 13.0. The van der Waals surface area contributed by atoms with Gasteiger partial charge in [-0.25, -0.2) is 14.4 Å². The third-order valence-corrected chi connectivity index (χ3v) is 5.00. The zero-order valence-corrected chi connectivity index (χ0v) is 15.3. The number of ether oxygens (including phenoxy) is 1. The molecule has 0 atom stereocenters. The van der Waals surface area contributed by atoms with Crippen LogP contribution in [-0.4, -0.2) is 28.6 Å². The summed E-state index contributed by atoms with van der Waals surface area (Å²) in [5.41, 5.74) is 3.60. The van der Waals surface area contributed by atoms with E-state index in [9.17, 15) is 4.39 Å². The molecule has 0 saturated heterocycles. The Hall–Kier alpha value is -3.54. The topological polar surface area (TPSA) is 51.1 Å². The number of rotatable bonds is 3. The molecule has 1 aliphatic heterocycles. The molecule has 0 amide bonds. The molecule has 6 heteroatoms. The van der Waals surface area contributed by atoms with Crippen molar-refractivity contribution < 1.29 is 9.13 Å². The molecule has 0 radical (unpaired) electrons. The molecule has 0 fully saturated rings. The lowest BCUT2D eigenvalue weighted by Gasteiger charge is -2.21. The molecular weight excluding hydrogens is 355 g/mol. The summed E-state index contributed by atoms with van der Waals surface area (Å²) in [6.07, 6.45) is 4.25. The maximum Gasteiger partial charge on any atom is 0.163 e. The minimum Gasteiger partial charge on any atom is -0.497 e. The number of benzene rings is 2. The van der Waals surface area contributed by atoms with Crippen LogP contribution in [0.25, 0.3) is 22.3 Å². The van der Waals surface area contributed by atoms with Crippen molar-refractivity contribution in [3.05, 3.63) is 72.3 Å². The Kier molecular flexibility index (Phi) is 3.90. The smallest absolute Gasteiger partial charge is 0.163 e. The summed E-state index contributed by atoms with van der Waals surface area (Å²) >= 11 is 0. The third kappa shape index (κ3) is 2.74. The zero-order valence-electron chi connectivity index (χ0n) is 15.3. The standard InChI is InChI=1S/C22H17FN4O/c1-28-17-5-6-18-19(12-17)25-21(15-3-2-9-24-13-15)26-22(18)27-10-8-14-11-16(23)4-7-20(14)27/h2-7,9,11-13H,8,10H2,1H3. The molecule has 1 aliphatic rings. The number of hydrogen-bond acceptors (Lipinski definition) is 5. The van der Waals surface area contributed by atoms with E-state index in [-0.39, 0.29) is 5.82 Å². The Morgan fingerprint density at radius 3 is 2.82 bits per heavy atom. The van der Waals surface area contributed by atoms with E-state index in [1.165, 1.54) is 6.07 Å². The summed E-state index contributed by atoms with van der Waals surface area (Å²) in [6.45, 7) is 0.739. The SMILES string of the molecule is COc1ccc2c(N3CCc4cc(F)ccc43)nc(-c3cccnc3)nc2c1. The minimum absolute atomic E-state index is 0.214. The first-order valence-corrected chi connectivity index (χ1v) is 9.05. The van der Waals surface area contributed by atoms with E-state index in [4.69, 9.17) is 14.7 Å². The van der Waals surface area contributed by atoms with Crippen molar-refractivity contribution in [2.45, 2.75) is 6.42 Å². The van der Waals surface area contributed by atoms with Gasteiger partial charge >= 0.3 is 0 Å². The average Bonchev–Trinajstić information content (AvgIpc) is 3.16. The zero-order chi connectivity index (χ0) is 19.1. The summed E-state index contributed by atoms with van der Waals surface area (Å²) in [5, 5.41) is 0.922. The van der Waals surface area contributed by atoms with Gasteiger partial charge in [-0.05, 0) is 54.4 Å². The van der Waals surface area contributed by atoms with Crippen molar-refractivity contribution in [3.63, 3.8) is 0 Å². The van der Waals surface area contributed by atoms with Crippen molar-refractivity contribution in [1.82, 2.24) is 15.0 Å². The van der Waals surface area contributed by atoms with Crippen molar-refractivity contribution in [1.29, 1.82) is 0 Å². The molecule has 2 aromatic heterocycles. The number of nitrogens with zero attached hydrogens (tertiary/aromatic N) is 4. The number of anilines is 2. The van der Waals surface area contributed by atoms with Gasteiger partial charge in [0.05, 0.1) is 12.6 Å². The van der Waals surface area contributed by atoms with Crippen LogP contribution in [0.3, 0.4) is 0 Å². The predicted molar refractivity (Wildman–Crippen MR) is 106 cm³/mol. The molecule has 0 saturated carbocycles. The number of aromatic nitrogens is 3. The van der Waals surface area contributed by atoms with E-state index in [0.29, 0.717) is 5.82 Å². The van der Waals surface area contributed by atoms with E-state index in [1.54, 1.807) is 25.6 Å². The molecule has 28 heavy (non-hydrogen) atoms. The Morgan fingerprint density at radius 1 is 1.07 bits per heavy atom. The molecule has 0 aliphatic carbocycles. The van der Waals surface area contributed by atoms with Gasteiger partial charge in [-0.3, -0.25) is 4.98 Å². The lowest BCUT2D eigenvalue weighted by atomic mass is 10.1. The minimum atomic E-state index is -0.214. The molecule has 0 unspecified atom stereocenters. The number of fused-ring (bicyclic) bond motifs is 2. The van der Waals surface area contributed by atoms with Gasteiger partial charge in [0.15, 0.2) is 5.82 Å². The molecular formula is C22H17FN4O. The number of halogens is 1. The lowest BCUT2D eigenvalue weighted by molar-refractivity contribution is 0.415. The van der Waals surface area contributed by atoms with Gasteiger partial charge in [0, 0.05) is 41.6 Å². The van der Waals surface area contributed by atoms with E-state index >= 15 is 0 Å². The fourth-order valence-electron chi connectivity index (χ4n) is 3.64. The fourth-order valence-corrected chi connectivity index (χ4v) is 3.64. The largest absolute Gasteiger partial charge is 0.497 e. The Labute approximate surface area is 161 Å². The van der Waals surface area contributed by atoms with Crippen LogP contribution < -0.4 is 9.64 Å². The van der Waals surface area contributed by atoms with Crippen LogP contribution in [0.1, 0.15) is 5.56 Å². The van der Waals surface area contributed by atoms with Crippen molar-refractivity contribution in [3.8, 4) is 17.1 Å². The van der Waals surface area contributed by atoms with Crippen LogP contribution in [0.5, 0.6) is 5.75 Å². The summed E-state index contributed by atoms with van der Waals surface area (Å²) < 4.78 is 19.0. The second-order valence-corrected chi connectivity index (χ2v) is 6.67. The summed E-state index contributed by atoms with van der Waals surface area (Å²) in [6, 6.07) is 14.5. The second-order valence-electron chi connectivity index (χ2n) is 6.67. The third-order valence-electron chi connectivity index (χ3n) is 5.00. The van der Waals surface area contributed by atoms with Crippen molar-refractivity contribution >= 4 is 22.4 Å². The highest BCUT2D eigenvalue weighted by atomic mass is 19.1. The van der Waals surface area contributed by atoms with Crippen LogP contribution in [0.4, 0.5) is 15.9 Å². The first-order valence-electron chi connectivity index (χ1n) is 9.05. The maximum absolute atomic E-state index is 13.6. The molecule has 2 aromatic carbocycles. The van der Waals surface area contributed by atoms with Crippen LogP contribution >= 0.6 is 0 Å². The highest BCUT2D eigenvalue weighted by molar-refractivity contribution is 5.94. The molecule has 3 heterocycles. The number of pyridine rings is 1. The number of hydrogen-bond donors (Lipinski definition) is 0. The molecule has 4 aromatic rings. The van der Waals surface area contributed by atoms with E-state index in [1.807, 2.05) is 36.4 Å². The predicted octanol–water partition coefficient (Wildman–Crippen LogP) is 4.53. The Bertz CT molecular complexity index is 1180. The highest BCUT2D eigenvalue weighted by Crippen LogP contribution is 2.38. The fraction of sp³-hybridized carbons (Fsp3) is 0.136. The van der Waals surface area contributed by atoms with Crippen molar-refractivity contribution in [2.24, 2.45) is 0 Å². The van der Waals surface area contributed by atoms with Gasteiger partial charge in [0.1, 0.15) is 17.4 Å². The summed E-state index contributed by atoms with van der Waals surface area (Å²) in [7, 11) is 1.64. The summed E-state index contributed by atoms with van der Waals surface area (Å²) in [5.74, 6) is 1.92. The Morgan fingerprint density at radius 2 is 2.00 bits per heavy atom. The van der Waals surface area contributed by atoms with Gasteiger partial charge in [0.25, 0.3) is 0 Å². The first-order chi connectivity index (χ1) is 13.7. The quantitative estimate of drug-likeness (QED) is 0.529. The van der Waals surface area contributed by atoms with Crippen molar-refractivity contribution in [2.75, 3.05) is 18.6 Å². The average molecular weight is 372 g/mol. The molecule has 0 spiro atoms. The van der Waals surface area contributed by atoms with Crippen LogP contribution in [0, 0.1) is 5.82 Å². The van der Waals surface area contributed by atoms with Gasteiger partial charge < -0.3 is 9.64 Å². The first kappa shape index (κ1) is 16.6. The molecule has 5 rings (SSSR count). The van der Waals surface area contributed by atoms with Crippen LogP contribution in [-0.2, 0) is 6.42 Å². The van der Waals surface area contributed by atoms with Gasteiger partial charge in [-0.1, -0.05) is 0 Å². The van der Waals surface area contributed by atoms with E-state index < -0.39 is 0 Å². The van der Waals surface area contributed by atoms with Crippen LogP contribution in [0.15, 0.2) is 60.9 Å². The monoisotopic (exact) mass is 372 g/mol. The van der Waals surface area contributed by atoms with Gasteiger partial charge in [-0.2, -0.15) is 0 Å². The summed E-state index contributed by atoms with van der Waals surface area (Å²) in [4.78, 5) is 15.9. The molecule has 138 valence electrons. The lowest BCUT2D eigenvalue weighted by Crippen LogP contribution is -2.16. The van der Waals surface area contributed by atoms with E-state index in [2.05, 4.69) is 9.88 Å². The maximum atomic E-state index is 13.6. The van der Waals surface area contributed by atoms with E-state index in [0.717, 1.165) is 52.3 Å². The van der Waals surface area contributed by atoms with Gasteiger partial charge in [-0.15, -0.1) is 0 Å². The number of methoxy groups -OCH3 is 1. The van der Waals surface area contributed by atoms with Gasteiger partial charge in [0.2, 0.25) is 0 Å². The van der Waals surface area contributed by atoms with Crippen LogP contribution in [0.2, 0.25) is 0 Å². The molecule has 0 bridgehead atoms. The second kappa shape index (κ2) is 6.56. The highest BCUT2D eigenvalue weighted by Gasteiger charge is 2.24. The molecule has 0 N–H and O–H groups in total. The Balaban J connectivity index is 1.74. The molecule has 5 nitrogen and oxygen atoms in total.